The van der Waals surface area contributed by atoms with Crippen LogP contribution in [0.25, 0.3) is 0 Å². The summed E-state index contributed by atoms with van der Waals surface area (Å²) >= 11 is 3.46. The molecule has 1 saturated carbocycles. The molecule has 2 saturated heterocycles. The van der Waals surface area contributed by atoms with Crippen molar-refractivity contribution in [3.8, 4) is 0 Å². The molecule has 0 spiro atoms. The average molecular weight is 525 g/mol. The number of hydrogen-bond donors (Lipinski definition) is 0. The van der Waals surface area contributed by atoms with Crippen molar-refractivity contribution in [1.82, 2.24) is 14.8 Å². The summed E-state index contributed by atoms with van der Waals surface area (Å²) in [4.78, 5) is 35.5. The fraction of sp³-hybridized carbons (Fsp3) is 0.536. The molecule has 3 fully saturated rings. The summed E-state index contributed by atoms with van der Waals surface area (Å²) in [6.45, 7) is 5.14. The van der Waals surface area contributed by atoms with Crippen molar-refractivity contribution in [2.45, 2.75) is 57.8 Å². The van der Waals surface area contributed by atoms with Gasteiger partial charge >= 0.3 is 0 Å². The van der Waals surface area contributed by atoms with Gasteiger partial charge in [0.15, 0.2) is 0 Å². The molecule has 3 aliphatic rings. The summed E-state index contributed by atoms with van der Waals surface area (Å²) < 4.78 is 0.914. The van der Waals surface area contributed by atoms with Crippen molar-refractivity contribution < 1.29 is 9.59 Å². The van der Waals surface area contributed by atoms with E-state index in [9.17, 15) is 9.59 Å². The van der Waals surface area contributed by atoms with Gasteiger partial charge in [-0.15, -0.1) is 0 Å². The normalized spacial score (nSPS) is 23.5. The molecule has 6 heteroatoms. The number of amides is 2. The molecule has 34 heavy (non-hydrogen) atoms. The Hall–Kier alpha value is -2.21. The van der Waals surface area contributed by atoms with Gasteiger partial charge in [0, 0.05) is 47.8 Å². The van der Waals surface area contributed by atoms with Crippen molar-refractivity contribution >= 4 is 27.7 Å². The van der Waals surface area contributed by atoms with E-state index in [1.165, 1.54) is 25.7 Å². The summed E-state index contributed by atoms with van der Waals surface area (Å²) in [6, 6.07) is 11.5. The fourth-order valence-corrected chi connectivity index (χ4v) is 6.58. The Bertz CT molecular complexity index is 1060. The minimum Gasteiger partial charge on any atom is -0.339 e. The predicted octanol–water partition coefficient (Wildman–Crippen LogP) is 5.82. The first-order valence-corrected chi connectivity index (χ1v) is 13.6. The number of likely N-dealkylation sites (tertiary alicyclic amines) is 2. The summed E-state index contributed by atoms with van der Waals surface area (Å²) in [5.41, 5.74) is 3.37. The molecule has 0 bridgehead atoms. The smallest absolute Gasteiger partial charge is 0.255 e. The van der Waals surface area contributed by atoms with Crippen molar-refractivity contribution in [3.05, 3.63) is 63.4 Å². The first-order chi connectivity index (χ1) is 16.5. The number of carbonyl (C=O) groups is 2. The molecule has 2 aromatic rings. The van der Waals surface area contributed by atoms with E-state index in [1.54, 1.807) is 0 Å². The van der Waals surface area contributed by atoms with E-state index in [1.807, 2.05) is 48.2 Å². The van der Waals surface area contributed by atoms with Crippen molar-refractivity contribution in [2.75, 3.05) is 26.2 Å². The van der Waals surface area contributed by atoms with Crippen LogP contribution in [0.3, 0.4) is 0 Å². The highest BCUT2D eigenvalue weighted by molar-refractivity contribution is 9.10. The van der Waals surface area contributed by atoms with Crippen LogP contribution in [0.2, 0.25) is 0 Å². The number of aromatic nitrogens is 1. The Kier molecular flexibility index (Phi) is 7.05. The number of halogens is 1. The van der Waals surface area contributed by atoms with Gasteiger partial charge in [-0.05, 0) is 74.8 Å². The van der Waals surface area contributed by atoms with Crippen LogP contribution >= 0.6 is 15.9 Å². The molecule has 2 atom stereocenters. The molecule has 3 heterocycles. The molecule has 1 aromatic carbocycles. The molecule has 2 aliphatic heterocycles. The van der Waals surface area contributed by atoms with E-state index in [0.717, 1.165) is 59.7 Å². The fourth-order valence-electron chi connectivity index (χ4n) is 6.18. The summed E-state index contributed by atoms with van der Waals surface area (Å²) in [6.07, 6.45) is 8.06. The quantitative estimate of drug-likeness (QED) is 0.508. The third-order valence-electron chi connectivity index (χ3n) is 8.11. The number of rotatable bonds is 3. The maximum Gasteiger partial charge on any atom is 0.255 e. The molecule has 180 valence electrons. The zero-order valence-corrected chi connectivity index (χ0v) is 21.6. The van der Waals surface area contributed by atoms with Crippen LogP contribution in [0.4, 0.5) is 0 Å². The molecule has 5 rings (SSSR count). The van der Waals surface area contributed by atoms with Gasteiger partial charge < -0.3 is 9.80 Å². The summed E-state index contributed by atoms with van der Waals surface area (Å²) in [7, 11) is 0. The number of nitrogens with zero attached hydrogens (tertiary/aromatic N) is 3. The Morgan fingerprint density at radius 2 is 1.62 bits per heavy atom. The molecule has 1 aromatic heterocycles. The van der Waals surface area contributed by atoms with Crippen LogP contribution in [-0.4, -0.2) is 52.8 Å². The number of hydrogen-bond acceptors (Lipinski definition) is 3. The minimum absolute atomic E-state index is 0.0728. The monoisotopic (exact) mass is 523 g/mol. The minimum atomic E-state index is 0.0728. The SMILES string of the molecule is Cc1ccc(C(=O)N2CCC3CCCCC3C2)c(C2CCN(C(=O)c3cccc(Br)c3)CC2)n1. The lowest BCUT2D eigenvalue weighted by molar-refractivity contribution is 0.0517. The maximum atomic E-state index is 13.7. The van der Waals surface area contributed by atoms with Gasteiger partial charge in [-0.3, -0.25) is 14.6 Å². The van der Waals surface area contributed by atoms with E-state index in [-0.39, 0.29) is 17.7 Å². The average Bonchev–Trinajstić information content (AvgIpc) is 2.87. The van der Waals surface area contributed by atoms with Gasteiger partial charge in [-0.1, -0.05) is 41.3 Å². The summed E-state index contributed by atoms with van der Waals surface area (Å²) in [5, 5.41) is 0. The van der Waals surface area contributed by atoms with Crippen molar-refractivity contribution in [2.24, 2.45) is 11.8 Å². The van der Waals surface area contributed by atoms with Gasteiger partial charge in [-0.25, -0.2) is 0 Å². The Morgan fingerprint density at radius 1 is 0.882 bits per heavy atom. The van der Waals surface area contributed by atoms with Crippen molar-refractivity contribution in [1.29, 1.82) is 0 Å². The van der Waals surface area contributed by atoms with Crippen LogP contribution in [-0.2, 0) is 0 Å². The Balaban J connectivity index is 1.29. The first-order valence-electron chi connectivity index (χ1n) is 12.8. The standard InChI is InChI=1S/C28H34BrN3O2/c1-19-9-10-25(28(34)32-16-11-20-5-2-3-6-23(20)18-32)26(30-19)21-12-14-31(15-13-21)27(33)22-7-4-8-24(29)17-22/h4,7-10,17,20-21,23H,2-3,5-6,11-16,18H2,1H3. The number of pyridine rings is 1. The van der Waals surface area contributed by atoms with Crippen LogP contribution in [0.15, 0.2) is 40.9 Å². The van der Waals surface area contributed by atoms with E-state index >= 15 is 0 Å². The van der Waals surface area contributed by atoms with Crippen LogP contribution < -0.4 is 0 Å². The van der Waals surface area contributed by atoms with Crippen LogP contribution in [0.5, 0.6) is 0 Å². The van der Waals surface area contributed by atoms with Crippen LogP contribution in [0.1, 0.15) is 83.0 Å². The maximum absolute atomic E-state index is 13.7. The lowest BCUT2D eigenvalue weighted by atomic mass is 9.75. The highest BCUT2D eigenvalue weighted by Crippen LogP contribution is 2.37. The largest absolute Gasteiger partial charge is 0.339 e. The van der Waals surface area contributed by atoms with Gasteiger partial charge in [0.2, 0.25) is 0 Å². The lowest BCUT2D eigenvalue weighted by Gasteiger charge is -2.41. The van der Waals surface area contributed by atoms with Gasteiger partial charge in [0.1, 0.15) is 0 Å². The van der Waals surface area contributed by atoms with E-state index in [4.69, 9.17) is 4.98 Å². The van der Waals surface area contributed by atoms with E-state index in [2.05, 4.69) is 20.8 Å². The van der Waals surface area contributed by atoms with Gasteiger partial charge in [0.05, 0.1) is 11.3 Å². The molecule has 0 radical (unpaired) electrons. The predicted molar refractivity (Wildman–Crippen MR) is 137 cm³/mol. The first kappa shape index (κ1) is 23.5. The highest BCUT2D eigenvalue weighted by atomic mass is 79.9. The molecule has 2 unspecified atom stereocenters. The lowest BCUT2D eigenvalue weighted by Crippen LogP contribution is -2.45. The van der Waals surface area contributed by atoms with Gasteiger partial charge in [0.25, 0.3) is 11.8 Å². The third kappa shape index (κ3) is 4.93. The molecular weight excluding hydrogens is 490 g/mol. The number of benzene rings is 1. The molecule has 0 N–H and O–H groups in total. The highest BCUT2D eigenvalue weighted by Gasteiger charge is 2.35. The second kappa shape index (κ2) is 10.2. The molecule has 1 aliphatic carbocycles. The molecule has 5 nitrogen and oxygen atoms in total. The van der Waals surface area contributed by atoms with E-state index in [0.29, 0.717) is 24.6 Å². The topological polar surface area (TPSA) is 53.5 Å². The zero-order valence-electron chi connectivity index (χ0n) is 20.0. The Labute approximate surface area is 211 Å². The van der Waals surface area contributed by atoms with E-state index < -0.39 is 0 Å². The zero-order chi connectivity index (χ0) is 23.7. The number of aryl methyl sites for hydroxylation is 1. The second-order valence-electron chi connectivity index (χ2n) is 10.3. The number of fused-ring (bicyclic) bond motifs is 1. The van der Waals surface area contributed by atoms with Crippen molar-refractivity contribution in [3.63, 3.8) is 0 Å². The van der Waals surface area contributed by atoms with Crippen LogP contribution in [0, 0.1) is 18.8 Å². The van der Waals surface area contributed by atoms with Gasteiger partial charge in [-0.2, -0.15) is 0 Å². The molecule has 2 amide bonds. The molecular formula is C28H34BrN3O2. The number of piperidine rings is 2. The Morgan fingerprint density at radius 3 is 2.38 bits per heavy atom. The number of carbonyl (C=O) groups excluding carboxylic acids is 2. The second-order valence-corrected chi connectivity index (χ2v) is 11.2. The third-order valence-corrected chi connectivity index (χ3v) is 8.61. The summed E-state index contributed by atoms with van der Waals surface area (Å²) in [5.74, 6) is 1.90.